The number of rotatable bonds is 7. The van der Waals surface area contributed by atoms with Gasteiger partial charge >= 0.3 is 0 Å². The molecular formula is C21H29ClN2O2. The first-order valence-corrected chi connectivity index (χ1v) is 8.55. The van der Waals surface area contributed by atoms with Crippen molar-refractivity contribution < 1.29 is 9.53 Å². The normalized spacial score (nSPS) is 10.8. The predicted molar refractivity (Wildman–Crippen MR) is 109 cm³/mol. The zero-order valence-corrected chi connectivity index (χ0v) is 16.8. The lowest BCUT2D eigenvalue weighted by Crippen LogP contribution is -2.39. The van der Waals surface area contributed by atoms with Crippen LogP contribution in [-0.4, -0.2) is 30.9 Å². The van der Waals surface area contributed by atoms with Gasteiger partial charge in [0.25, 0.3) is 5.91 Å². The van der Waals surface area contributed by atoms with Gasteiger partial charge in [0.2, 0.25) is 0 Å². The molecule has 0 atom stereocenters. The molecule has 0 aliphatic rings. The molecule has 0 radical (unpaired) electrons. The molecule has 26 heavy (non-hydrogen) atoms. The van der Waals surface area contributed by atoms with Crippen LogP contribution < -0.4 is 10.5 Å². The van der Waals surface area contributed by atoms with Crippen LogP contribution in [0.3, 0.4) is 0 Å². The minimum Gasteiger partial charge on any atom is -0.489 e. The topological polar surface area (TPSA) is 55.6 Å². The summed E-state index contributed by atoms with van der Waals surface area (Å²) in [7, 11) is 1.81. The Labute approximate surface area is 162 Å². The largest absolute Gasteiger partial charge is 0.489 e. The highest BCUT2D eigenvalue weighted by atomic mass is 35.5. The Balaban J connectivity index is 0.00000338. The fourth-order valence-electron chi connectivity index (χ4n) is 2.69. The van der Waals surface area contributed by atoms with Gasteiger partial charge in [-0.2, -0.15) is 0 Å². The second-order valence-electron chi connectivity index (χ2n) is 7.34. The summed E-state index contributed by atoms with van der Waals surface area (Å²) in [4.78, 5) is 14.4. The van der Waals surface area contributed by atoms with E-state index in [1.54, 1.807) is 18.0 Å². The molecule has 2 N–H and O–H groups in total. The molecule has 2 rings (SSSR count). The van der Waals surface area contributed by atoms with E-state index >= 15 is 0 Å². The molecule has 5 heteroatoms. The van der Waals surface area contributed by atoms with Crippen LogP contribution in [0.1, 0.15) is 35.3 Å². The first-order chi connectivity index (χ1) is 11.8. The minimum atomic E-state index is -0.107. The van der Waals surface area contributed by atoms with E-state index in [0.29, 0.717) is 31.0 Å². The van der Waals surface area contributed by atoms with Gasteiger partial charge in [0.1, 0.15) is 12.4 Å². The Morgan fingerprint density at radius 1 is 1.15 bits per heavy atom. The maximum Gasteiger partial charge on any atom is 0.253 e. The second-order valence-corrected chi connectivity index (χ2v) is 7.34. The zero-order valence-electron chi connectivity index (χ0n) is 16.0. The molecule has 0 heterocycles. The van der Waals surface area contributed by atoms with E-state index in [4.69, 9.17) is 10.5 Å². The summed E-state index contributed by atoms with van der Waals surface area (Å²) >= 11 is 0. The van der Waals surface area contributed by atoms with Gasteiger partial charge in [-0.1, -0.05) is 49.7 Å². The Morgan fingerprint density at radius 3 is 2.50 bits per heavy atom. The van der Waals surface area contributed by atoms with Gasteiger partial charge in [0, 0.05) is 19.2 Å². The number of hydrogen-bond donors (Lipinski definition) is 1. The third kappa shape index (κ3) is 6.36. The molecule has 0 unspecified atom stereocenters. The quantitative estimate of drug-likeness (QED) is 0.792. The maximum atomic E-state index is 12.6. The Bertz CT molecular complexity index is 731. The molecule has 0 spiro atoms. The van der Waals surface area contributed by atoms with E-state index in [2.05, 4.69) is 32.9 Å². The highest BCUT2D eigenvalue weighted by Gasteiger charge is 2.22. The number of nitrogens with two attached hydrogens (primary N) is 1. The zero-order chi connectivity index (χ0) is 18.4. The van der Waals surface area contributed by atoms with Crippen molar-refractivity contribution in [3.63, 3.8) is 0 Å². The van der Waals surface area contributed by atoms with Crippen LogP contribution in [0.2, 0.25) is 0 Å². The van der Waals surface area contributed by atoms with Crippen molar-refractivity contribution >= 4 is 18.3 Å². The van der Waals surface area contributed by atoms with Gasteiger partial charge in [-0.05, 0) is 42.6 Å². The average Bonchev–Trinajstić information content (AvgIpc) is 2.59. The second kappa shape index (κ2) is 9.60. The smallest absolute Gasteiger partial charge is 0.253 e. The monoisotopic (exact) mass is 376 g/mol. The molecule has 0 bridgehead atoms. The first-order valence-electron chi connectivity index (χ1n) is 8.55. The van der Waals surface area contributed by atoms with Crippen LogP contribution in [0.15, 0.2) is 48.5 Å². The number of nitrogens with zero attached hydrogens (tertiary/aromatic N) is 1. The highest BCUT2D eigenvalue weighted by molar-refractivity contribution is 5.94. The molecule has 142 valence electrons. The number of aryl methyl sites for hydroxylation is 1. The summed E-state index contributed by atoms with van der Waals surface area (Å²) in [6.45, 7) is 7.79. The summed E-state index contributed by atoms with van der Waals surface area (Å²) in [6, 6.07) is 15.5. The average molecular weight is 377 g/mol. The molecule has 2 aromatic carbocycles. The van der Waals surface area contributed by atoms with Gasteiger partial charge < -0.3 is 15.4 Å². The summed E-state index contributed by atoms with van der Waals surface area (Å²) in [5.74, 6) is 0.668. The van der Waals surface area contributed by atoms with Gasteiger partial charge in [-0.15, -0.1) is 12.4 Å². The molecule has 0 saturated carbocycles. The van der Waals surface area contributed by atoms with E-state index in [9.17, 15) is 4.79 Å². The molecule has 2 aromatic rings. The summed E-state index contributed by atoms with van der Waals surface area (Å²) < 4.78 is 5.85. The van der Waals surface area contributed by atoms with Gasteiger partial charge in [-0.3, -0.25) is 4.79 Å². The van der Waals surface area contributed by atoms with Gasteiger partial charge in [0.15, 0.2) is 0 Å². The van der Waals surface area contributed by atoms with E-state index in [-0.39, 0.29) is 23.7 Å². The van der Waals surface area contributed by atoms with Crippen LogP contribution >= 0.6 is 12.4 Å². The molecule has 0 saturated heterocycles. The van der Waals surface area contributed by atoms with Crippen LogP contribution in [0, 0.1) is 12.3 Å². The van der Waals surface area contributed by atoms with Gasteiger partial charge in [0.05, 0.1) is 0 Å². The van der Waals surface area contributed by atoms with Crippen molar-refractivity contribution in [1.29, 1.82) is 0 Å². The van der Waals surface area contributed by atoms with E-state index in [1.807, 2.05) is 30.3 Å². The van der Waals surface area contributed by atoms with Crippen molar-refractivity contribution in [3.8, 4) is 5.75 Å². The van der Waals surface area contributed by atoms with Crippen molar-refractivity contribution in [1.82, 2.24) is 4.90 Å². The molecule has 0 aliphatic heterocycles. The Hall–Kier alpha value is -2.04. The number of carbonyl (C=O) groups excluding carboxylic acids is 1. The summed E-state index contributed by atoms with van der Waals surface area (Å²) in [6.07, 6.45) is 0. The third-order valence-electron chi connectivity index (χ3n) is 4.13. The Morgan fingerprint density at radius 2 is 1.85 bits per heavy atom. The predicted octanol–water partition coefficient (Wildman–Crippen LogP) is 4.05. The van der Waals surface area contributed by atoms with Crippen LogP contribution in [0.4, 0.5) is 0 Å². The van der Waals surface area contributed by atoms with Gasteiger partial charge in [-0.25, -0.2) is 0 Å². The van der Waals surface area contributed by atoms with E-state index in [1.165, 1.54) is 5.56 Å². The molecule has 0 aliphatic carbocycles. The minimum absolute atomic E-state index is 0. The number of hydrogen-bond acceptors (Lipinski definition) is 3. The fraction of sp³-hybridized carbons (Fsp3) is 0.381. The number of carbonyl (C=O) groups is 1. The van der Waals surface area contributed by atoms with Crippen molar-refractivity contribution in [2.75, 3.05) is 20.1 Å². The lowest BCUT2D eigenvalue weighted by atomic mass is 9.93. The summed E-state index contributed by atoms with van der Waals surface area (Å²) in [5.41, 5.74) is 8.59. The summed E-state index contributed by atoms with van der Waals surface area (Å²) in [5, 5.41) is 0. The molecule has 1 amide bonds. The van der Waals surface area contributed by atoms with Crippen LogP contribution in [-0.2, 0) is 6.61 Å². The number of benzene rings is 2. The van der Waals surface area contributed by atoms with Crippen molar-refractivity contribution in [2.24, 2.45) is 11.1 Å². The van der Waals surface area contributed by atoms with E-state index < -0.39 is 0 Å². The van der Waals surface area contributed by atoms with Crippen molar-refractivity contribution in [2.45, 2.75) is 27.4 Å². The molecule has 0 fully saturated rings. The number of amides is 1. The number of ether oxygens (including phenoxy) is 1. The lowest BCUT2D eigenvalue weighted by Gasteiger charge is -2.29. The lowest BCUT2D eigenvalue weighted by molar-refractivity contribution is 0.0740. The Kier molecular flexibility index (Phi) is 8.12. The fourth-order valence-corrected chi connectivity index (χ4v) is 2.69. The molecular weight excluding hydrogens is 348 g/mol. The van der Waals surface area contributed by atoms with E-state index in [0.717, 1.165) is 5.56 Å². The van der Waals surface area contributed by atoms with Crippen LogP contribution in [0.5, 0.6) is 5.75 Å². The highest BCUT2D eigenvalue weighted by Crippen LogP contribution is 2.19. The van der Waals surface area contributed by atoms with Crippen LogP contribution in [0.25, 0.3) is 0 Å². The standard InChI is InChI=1S/C21H28N2O2.ClH/c1-16-7-5-8-17(11-16)13-25-19-10-6-9-18(12-19)20(24)23(4)15-21(2,3)14-22;/h5-12H,13-15,22H2,1-4H3;1H. The molecule has 4 nitrogen and oxygen atoms in total. The SMILES string of the molecule is Cc1cccc(COc2cccc(C(=O)N(C)CC(C)(C)CN)c2)c1.Cl. The van der Waals surface area contributed by atoms with Crippen molar-refractivity contribution in [3.05, 3.63) is 65.2 Å². The molecule has 0 aromatic heterocycles. The number of halogens is 1. The first kappa shape index (κ1) is 22.0. The maximum absolute atomic E-state index is 12.6. The third-order valence-corrected chi connectivity index (χ3v) is 4.13.